The van der Waals surface area contributed by atoms with E-state index in [1.165, 1.54) is 25.3 Å². The first-order chi connectivity index (χ1) is 6.69. The number of halogens is 2. The number of carbonyl (C=O) groups is 1. The number of methoxy groups -OCH3 is 1. The first kappa shape index (κ1) is 11.2. The Labute approximate surface area is 90.2 Å². The van der Waals surface area contributed by atoms with Gasteiger partial charge in [-0.05, 0) is 18.2 Å². The molecule has 0 bridgehead atoms. The molecule has 0 fully saturated rings. The average molecular weight is 261 g/mol. The predicted molar refractivity (Wildman–Crippen MR) is 55.7 cm³/mol. The number of benzene rings is 1. The number of hydrogen-bond acceptors (Lipinski definition) is 2. The summed E-state index contributed by atoms with van der Waals surface area (Å²) in [6.07, 6.45) is 0.398. The summed E-state index contributed by atoms with van der Waals surface area (Å²) in [5.41, 5.74) is 0.475. The van der Waals surface area contributed by atoms with Crippen LogP contribution in [0.25, 0.3) is 0 Å². The highest BCUT2D eigenvalue weighted by Gasteiger charge is 2.09. The first-order valence-corrected chi connectivity index (χ1v) is 5.24. The summed E-state index contributed by atoms with van der Waals surface area (Å²) < 4.78 is 17.7. The number of alkyl halides is 1. The van der Waals surface area contributed by atoms with Gasteiger partial charge < -0.3 is 4.74 Å². The third-order valence-corrected chi connectivity index (χ3v) is 2.19. The molecule has 1 rings (SSSR count). The van der Waals surface area contributed by atoms with Crippen LogP contribution < -0.4 is 4.74 Å². The van der Waals surface area contributed by atoms with Crippen molar-refractivity contribution < 1.29 is 13.9 Å². The Kier molecular flexibility index (Phi) is 4.07. The van der Waals surface area contributed by atoms with Crippen molar-refractivity contribution in [2.45, 2.75) is 6.42 Å². The second-order valence-corrected chi connectivity index (χ2v) is 3.50. The maximum Gasteiger partial charge on any atom is 0.165 e. The van der Waals surface area contributed by atoms with E-state index in [1.807, 2.05) is 0 Å². The number of hydrogen-bond donors (Lipinski definition) is 0. The van der Waals surface area contributed by atoms with Crippen molar-refractivity contribution in [2.75, 3.05) is 12.4 Å². The molecule has 0 spiro atoms. The third kappa shape index (κ3) is 2.54. The number of ketones is 1. The summed E-state index contributed by atoms with van der Waals surface area (Å²) in [6, 6.07) is 4.11. The highest BCUT2D eigenvalue weighted by atomic mass is 79.9. The molecule has 0 saturated carbocycles. The van der Waals surface area contributed by atoms with Crippen molar-refractivity contribution >= 4 is 21.7 Å². The van der Waals surface area contributed by atoms with Gasteiger partial charge in [-0.15, -0.1) is 0 Å². The van der Waals surface area contributed by atoms with Gasteiger partial charge in [0, 0.05) is 17.3 Å². The van der Waals surface area contributed by atoms with Gasteiger partial charge in [0.1, 0.15) is 0 Å². The van der Waals surface area contributed by atoms with Crippen LogP contribution in [0, 0.1) is 5.82 Å². The van der Waals surface area contributed by atoms with Gasteiger partial charge in [-0.2, -0.15) is 0 Å². The lowest BCUT2D eigenvalue weighted by Gasteiger charge is -2.04. The van der Waals surface area contributed by atoms with E-state index in [-0.39, 0.29) is 11.5 Å². The zero-order valence-electron chi connectivity index (χ0n) is 7.72. The molecule has 0 heterocycles. The fraction of sp³-hybridized carbons (Fsp3) is 0.300. The van der Waals surface area contributed by atoms with Gasteiger partial charge >= 0.3 is 0 Å². The van der Waals surface area contributed by atoms with E-state index in [9.17, 15) is 9.18 Å². The van der Waals surface area contributed by atoms with Gasteiger partial charge in [0.05, 0.1) is 7.11 Å². The molecule has 0 amide bonds. The molecule has 0 N–H and O–H groups in total. The number of carbonyl (C=O) groups excluding carboxylic acids is 1. The second kappa shape index (κ2) is 5.10. The summed E-state index contributed by atoms with van der Waals surface area (Å²) in [5.74, 6) is -0.381. The molecule has 4 heteroatoms. The molecule has 0 aromatic heterocycles. The Balaban J connectivity index is 2.94. The van der Waals surface area contributed by atoms with E-state index < -0.39 is 5.82 Å². The van der Waals surface area contributed by atoms with Crippen LogP contribution in [0.1, 0.15) is 16.8 Å². The predicted octanol–water partition coefficient (Wildman–Crippen LogP) is 2.80. The summed E-state index contributed by atoms with van der Waals surface area (Å²) in [6.45, 7) is 0. The number of rotatable bonds is 4. The monoisotopic (exact) mass is 260 g/mol. The van der Waals surface area contributed by atoms with Gasteiger partial charge in [-0.1, -0.05) is 15.9 Å². The van der Waals surface area contributed by atoms with Crippen LogP contribution >= 0.6 is 15.9 Å². The summed E-state index contributed by atoms with van der Waals surface area (Å²) in [5, 5.41) is 0.603. The Bertz CT molecular complexity index is 339. The molecule has 0 radical (unpaired) electrons. The number of Topliss-reactive ketones (excluding diaryl/α,β-unsaturated/α-hetero) is 1. The van der Waals surface area contributed by atoms with Crippen LogP contribution in [0.15, 0.2) is 18.2 Å². The van der Waals surface area contributed by atoms with Crippen molar-refractivity contribution in [3.05, 3.63) is 29.6 Å². The lowest BCUT2D eigenvalue weighted by atomic mass is 10.1. The SMILES string of the molecule is COc1cc(C(=O)CCBr)ccc1F. The fourth-order valence-corrected chi connectivity index (χ4v) is 1.42. The van der Waals surface area contributed by atoms with Crippen LogP contribution in [0.3, 0.4) is 0 Å². The Morgan fingerprint density at radius 2 is 2.29 bits per heavy atom. The zero-order valence-corrected chi connectivity index (χ0v) is 9.30. The van der Waals surface area contributed by atoms with Gasteiger partial charge in [-0.3, -0.25) is 4.79 Å². The zero-order chi connectivity index (χ0) is 10.6. The summed E-state index contributed by atoms with van der Waals surface area (Å²) in [7, 11) is 1.37. The Morgan fingerprint density at radius 3 is 2.86 bits per heavy atom. The summed E-state index contributed by atoms with van der Waals surface area (Å²) >= 11 is 3.17. The minimum atomic E-state index is -0.456. The topological polar surface area (TPSA) is 26.3 Å². The highest BCUT2D eigenvalue weighted by Crippen LogP contribution is 2.19. The van der Waals surface area contributed by atoms with E-state index in [2.05, 4.69) is 15.9 Å². The maximum atomic E-state index is 13.0. The minimum Gasteiger partial charge on any atom is -0.494 e. The van der Waals surface area contributed by atoms with Crippen molar-refractivity contribution in [3.8, 4) is 5.75 Å². The van der Waals surface area contributed by atoms with E-state index in [4.69, 9.17) is 4.74 Å². The Morgan fingerprint density at radius 1 is 1.57 bits per heavy atom. The van der Waals surface area contributed by atoms with E-state index in [0.29, 0.717) is 17.3 Å². The van der Waals surface area contributed by atoms with Crippen LogP contribution in [-0.4, -0.2) is 18.2 Å². The Hall–Kier alpha value is -0.900. The quantitative estimate of drug-likeness (QED) is 0.615. The molecule has 0 unspecified atom stereocenters. The molecule has 76 valence electrons. The largest absolute Gasteiger partial charge is 0.494 e. The van der Waals surface area contributed by atoms with Crippen molar-refractivity contribution in [1.29, 1.82) is 0 Å². The minimum absolute atomic E-state index is 0.0276. The first-order valence-electron chi connectivity index (χ1n) is 4.11. The molecular formula is C10H10BrFO2. The van der Waals surface area contributed by atoms with Crippen LogP contribution in [0.2, 0.25) is 0 Å². The van der Waals surface area contributed by atoms with Crippen LogP contribution in [-0.2, 0) is 0 Å². The molecule has 0 saturated heterocycles. The normalized spacial score (nSPS) is 9.93. The fourth-order valence-electron chi connectivity index (χ4n) is 1.06. The standard InChI is InChI=1S/C10H10BrFO2/c1-14-10-6-7(2-3-8(10)12)9(13)4-5-11/h2-3,6H,4-5H2,1H3. The number of ether oxygens (including phenoxy) is 1. The van der Waals surface area contributed by atoms with E-state index in [1.54, 1.807) is 0 Å². The molecule has 1 aromatic rings. The molecule has 0 aliphatic carbocycles. The van der Waals surface area contributed by atoms with E-state index >= 15 is 0 Å². The average Bonchev–Trinajstić information content (AvgIpc) is 2.19. The molecule has 2 nitrogen and oxygen atoms in total. The van der Waals surface area contributed by atoms with Gasteiger partial charge in [-0.25, -0.2) is 4.39 Å². The van der Waals surface area contributed by atoms with Crippen molar-refractivity contribution in [1.82, 2.24) is 0 Å². The molecule has 0 aliphatic rings. The molecule has 0 atom stereocenters. The molecule has 1 aromatic carbocycles. The van der Waals surface area contributed by atoms with Gasteiger partial charge in [0.25, 0.3) is 0 Å². The van der Waals surface area contributed by atoms with E-state index in [0.717, 1.165) is 0 Å². The molecular weight excluding hydrogens is 251 g/mol. The highest BCUT2D eigenvalue weighted by molar-refractivity contribution is 9.09. The lowest BCUT2D eigenvalue weighted by molar-refractivity contribution is 0.0989. The van der Waals surface area contributed by atoms with Gasteiger partial charge in [0.15, 0.2) is 17.3 Å². The summed E-state index contributed by atoms with van der Waals surface area (Å²) in [4.78, 5) is 11.4. The van der Waals surface area contributed by atoms with Crippen molar-refractivity contribution in [2.24, 2.45) is 0 Å². The van der Waals surface area contributed by atoms with Crippen LogP contribution in [0.4, 0.5) is 4.39 Å². The van der Waals surface area contributed by atoms with Gasteiger partial charge in [0.2, 0.25) is 0 Å². The van der Waals surface area contributed by atoms with Crippen LogP contribution in [0.5, 0.6) is 5.75 Å². The third-order valence-electron chi connectivity index (χ3n) is 1.79. The molecule has 14 heavy (non-hydrogen) atoms. The second-order valence-electron chi connectivity index (χ2n) is 2.71. The smallest absolute Gasteiger partial charge is 0.165 e. The molecule has 0 aliphatic heterocycles. The van der Waals surface area contributed by atoms with Crippen molar-refractivity contribution in [3.63, 3.8) is 0 Å². The maximum absolute atomic E-state index is 13.0. The lowest BCUT2D eigenvalue weighted by Crippen LogP contribution is -2.00.